The summed E-state index contributed by atoms with van der Waals surface area (Å²) in [5, 5.41) is 2.14. The number of hydrogen-bond donors (Lipinski definition) is 0. The molecule has 1 aromatic carbocycles. The highest BCUT2D eigenvalue weighted by atomic mass is 16.3. The summed E-state index contributed by atoms with van der Waals surface area (Å²) in [6.45, 7) is 1.12. The highest BCUT2D eigenvalue weighted by Crippen LogP contribution is 2.41. The number of pyridine rings is 1. The van der Waals surface area contributed by atoms with Crippen LogP contribution in [-0.2, 0) is 0 Å². The fourth-order valence-corrected chi connectivity index (χ4v) is 3.88. The Hall–Kier alpha value is -2.59. The summed E-state index contributed by atoms with van der Waals surface area (Å²) in [7, 11) is 2.18. The summed E-state index contributed by atoms with van der Waals surface area (Å²) in [4.78, 5) is 6.92. The molecule has 0 bridgehead atoms. The van der Waals surface area contributed by atoms with Crippen LogP contribution in [0.15, 0.2) is 57.7 Å². The summed E-state index contributed by atoms with van der Waals surface area (Å²) in [5.41, 5.74) is 3.91. The van der Waals surface area contributed by atoms with Gasteiger partial charge in [-0.2, -0.15) is 0 Å². The summed E-state index contributed by atoms with van der Waals surface area (Å²) in [5.74, 6) is 0.889. The molecule has 0 saturated carbocycles. The van der Waals surface area contributed by atoms with Gasteiger partial charge in [0, 0.05) is 23.2 Å². The number of hydrogen-bond acceptors (Lipinski definition) is 4. The Morgan fingerprint density at radius 2 is 2.12 bits per heavy atom. The first-order valence-corrected chi connectivity index (χ1v) is 8.36. The maximum atomic E-state index is 6.18. The van der Waals surface area contributed by atoms with Crippen molar-refractivity contribution in [2.24, 2.45) is 0 Å². The van der Waals surface area contributed by atoms with Crippen molar-refractivity contribution < 1.29 is 8.83 Å². The van der Waals surface area contributed by atoms with Crippen LogP contribution in [0.25, 0.3) is 33.4 Å². The van der Waals surface area contributed by atoms with Crippen molar-refractivity contribution in [3.63, 3.8) is 0 Å². The molecule has 1 saturated heterocycles. The van der Waals surface area contributed by atoms with Gasteiger partial charge < -0.3 is 8.83 Å². The van der Waals surface area contributed by atoms with Crippen LogP contribution >= 0.6 is 0 Å². The Kier molecular flexibility index (Phi) is 3.00. The van der Waals surface area contributed by atoms with E-state index >= 15 is 0 Å². The van der Waals surface area contributed by atoms with Crippen LogP contribution in [0.3, 0.4) is 0 Å². The summed E-state index contributed by atoms with van der Waals surface area (Å²) < 4.78 is 11.7. The molecule has 0 unspecified atom stereocenters. The largest absolute Gasteiger partial charge is 0.456 e. The van der Waals surface area contributed by atoms with Gasteiger partial charge in [0.15, 0.2) is 0 Å². The van der Waals surface area contributed by atoms with E-state index in [2.05, 4.69) is 29.1 Å². The van der Waals surface area contributed by atoms with Gasteiger partial charge in [-0.3, -0.25) is 4.90 Å². The molecule has 0 amide bonds. The van der Waals surface area contributed by atoms with E-state index in [1.165, 1.54) is 12.0 Å². The van der Waals surface area contributed by atoms with Crippen molar-refractivity contribution in [1.82, 2.24) is 9.88 Å². The predicted octanol–water partition coefficient (Wildman–Crippen LogP) is 5.01. The molecule has 24 heavy (non-hydrogen) atoms. The Bertz CT molecular complexity index is 997. The van der Waals surface area contributed by atoms with Crippen LogP contribution in [-0.4, -0.2) is 23.5 Å². The molecule has 0 aliphatic carbocycles. The standard InChI is InChI=1S/C20H18N2O2/c1-22-9-4-6-16(22)15-12-21-20-14(8-10-23-20)19(15)18-11-13-5-2-3-7-17(13)24-18/h2-3,5,7-8,10-12,16H,4,6,9H2,1H3/t16-/m0/s1. The van der Waals surface area contributed by atoms with Gasteiger partial charge in [0.25, 0.3) is 0 Å². The lowest BCUT2D eigenvalue weighted by Crippen LogP contribution is -2.18. The molecule has 1 aliphatic heterocycles. The molecule has 120 valence electrons. The molecule has 5 rings (SSSR count). The lowest BCUT2D eigenvalue weighted by atomic mass is 9.96. The topological polar surface area (TPSA) is 42.4 Å². The van der Waals surface area contributed by atoms with Gasteiger partial charge in [0.05, 0.1) is 11.6 Å². The number of aromatic nitrogens is 1. The number of nitrogens with zero attached hydrogens (tertiary/aromatic N) is 2. The fourth-order valence-electron chi connectivity index (χ4n) is 3.88. The SMILES string of the molecule is CN1CCC[C@H]1c1cnc2occc2c1-c1cc2ccccc2o1. The van der Waals surface area contributed by atoms with E-state index in [1.807, 2.05) is 30.5 Å². The van der Waals surface area contributed by atoms with Gasteiger partial charge in [-0.15, -0.1) is 0 Å². The van der Waals surface area contributed by atoms with E-state index < -0.39 is 0 Å². The normalized spacial score (nSPS) is 18.8. The molecule has 1 aliphatic rings. The zero-order chi connectivity index (χ0) is 16.1. The Morgan fingerprint density at radius 3 is 2.96 bits per heavy atom. The minimum Gasteiger partial charge on any atom is -0.456 e. The van der Waals surface area contributed by atoms with Crippen molar-refractivity contribution in [1.29, 1.82) is 0 Å². The van der Waals surface area contributed by atoms with Gasteiger partial charge in [-0.25, -0.2) is 4.98 Å². The van der Waals surface area contributed by atoms with E-state index in [0.29, 0.717) is 11.8 Å². The first-order chi connectivity index (χ1) is 11.8. The molecular formula is C20H18N2O2. The third kappa shape index (κ3) is 2.00. The number of para-hydroxylation sites is 1. The van der Waals surface area contributed by atoms with Gasteiger partial charge in [0.1, 0.15) is 11.3 Å². The van der Waals surface area contributed by atoms with Crippen LogP contribution < -0.4 is 0 Å². The average Bonchev–Trinajstić information content (AvgIpc) is 3.32. The van der Waals surface area contributed by atoms with E-state index in [-0.39, 0.29) is 0 Å². The highest BCUT2D eigenvalue weighted by molar-refractivity contribution is 5.95. The minimum absolute atomic E-state index is 0.375. The number of furan rings is 2. The molecule has 4 nitrogen and oxygen atoms in total. The maximum absolute atomic E-state index is 6.18. The average molecular weight is 318 g/mol. The summed E-state index contributed by atoms with van der Waals surface area (Å²) >= 11 is 0. The Morgan fingerprint density at radius 1 is 1.21 bits per heavy atom. The first kappa shape index (κ1) is 13.8. The number of likely N-dealkylation sites (tertiary alicyclic amines) is 1. The molecule has 4 aromatic rings. The Balaban J connectivity index is 1.79. The lowest BCUT2D eigenvalue weighted by molar-refractivity contribution is 0.317. The lowest BCUT2D eigenvalue weighted by Gasteiger charge is -2.21. The molecule has 0 radical (unpaired) electrons. The molecule has 3 aromatic heterocycles. The van der Waals surface area contributed by atoms with E-state index in [9.17, 15) is 0 Å². The molecule has 4 heterocycles. The van der Waals surface area contributed by atoms with E-state index in [0.717, 1.165) is 40.6 Å². The van der Waals surface area contributed by atoms with Gasteiger partial charge in [0.2, 0.25) is 5.71 Å². The highest BCUT2D eigenvalue weighted by Gasteiger charge is 2.28. The zero-order valence-electron chi connectivity index (χ0n) is 13.5. The second kappa shape index (κ2) is 5.21. The van der Waals surface area contributed by atoms with E-state index in [1.54, 1.807) is 6.26 Å². The van der Waals surface area contributed by atoms with Crippen molar-refractivity contribution in [2.45, 2.75) is 18.9 Å². The van der Waals surface area contributed by atoms with Crippen molar-refractivity contribution >= 4 is 22.1 Å². The minimum atomic E-state index is 0.375. The molecule has 0 spiro atoms. The number of rotatable bonds is 2. The Labute approximate surface area is 139 Å². The van der Waals surface area contributed by atoms with E-state index in [4.69, 9.17) is 8.83 Å². The predicted molar refractivity (Wildman–Crippen MR) is 93.8 cm³/mol. The first-order valence-electron chi connectivity index (χ1n) is 8.36. The molecule has 1 atom stereocenters. The van der Waals surface area contributed by atoms with Crippen molar-refractivity contribution in [3.8, 4) is 11.3 Å². The summed E-state index contributed by atoms with van der Waals surface area (Å²) in [6.07, 6.45) is 6.02. The third-order valence-electron chi connectivity index (χ3n) is 5.08. The fraction of sp³-hybridized carbons (Fsp3) is 0.250. The van der Waals surface area contributed by atoms with Crippen molar-refractivity contribution in [2.75, 3.05) is 13.6 Å². The second-order valence-corrected chi connectivity index (χ2v) is 6.52. The molecule has 4 heteroatoms. The molecule has 1 fully saturated rings. The monoisotopic (exact) mass is 318 g/mol. The molecule has 0 N–H and O–H groups in total. The second-order valence-electron chi connectivity index (χ2n) is 6.52. The van der Waals surface area contributed by atoms with Crippen LogP contribution in [0.1, 0.15) is 24.4 Å². The number of fused-ring (bicyclic) bond motifs is 2. The summed E-state index contributed by atoms with van der Waals surface area (Å²) in [6, 6.07) is 12.6. The van der Waals surface area contributed by atoms with Crippen LogP contribution in [0.5, 0.6) is 0 Å². The van der Waals surface area contributed by atoms with Crippen LogP contribution in [0.2, 0.25) is 0 Å². The quantitative estimate of drug-likeness (QED) is 0.521. The van der Waals surface area contributed by atoms with Gasteiger partial charge in [-0.1, -0.05) is 18.2 Å². The smallest absolute Gasteiger partial charge is 0.226 e. The molecular weight excluding hydrogens is 300 g/mol. The van der Waals surface area contributed by atoms with Gasteiger partial charge >= 0.3 is 0 Å². The third-order valence-corrected chi connectivity index (χ3v) is 5.08. The van der Waals surface area contributed by atoms with Gasteiger partial charge in [-0.05, 0) is 50.2 Å². The van der Waals surface area contributed by atoms with Crippen LogP contribution in [0.4, 0.5) is 0 Å². The number of benzene rings is 1. The van der Waals surface area contributed by atoms with Crippen LogP contribution in [0, 0.1) is 0 Å². The van der Waals surface area contributed by atoms with Crippen molar-refractivity contribution in [3.05, 3.63) is 54.4 Å². The zero-order valence-corrected chi connectivity index (χ0v) is 13.5. The maximum Gasteiger partial charge on any atom is 0.226 e.